The molecule has 0 amide bonds. The lowest BCUT2D eigenvalue weighted by Crippen LogP contribution is -2.42. The Morgan fingerprint density at radius 3 is 2.60 bits per heavy atom. The van der Waals surface area contributed by atoms with Gasteiger partial charge in [0, 0.05) is 31.0 Å². The van der Waals surface area contributed by atoms with Crippen LogP contribution in [0.5, 0.6) is 0 Å². The Balaban J connectivity index is 0.00000200. The van der Waals surface area contributed by atoms with Gasteiger partial charge in [0.05, 0.1) is 0 Å². The molecule has 112 valence electrons. The highest BCUT2D eigenvalue weighted by atomic mass is 127. The van der Waals surface area contributed by atoms with Gasteiger partial charge in [0.25, 0.3) is 0 Å². The molecule has 0 N–H and O–H groups in total. The maximum atomic E-state index is 11.3. The van der Waals surface area contributed by atoms with Gasteiger partial charge < -0.3 is 9.64 Å². The summed E-state index contributed by atoms with van der Waals surface area (Å²) in [6.07, 6.45) is 1.71. The van der Waals surface area contributed by atoms with Crippen molar-refractivity contribution in [2.45, 2.75) is 58.7 Å². The molecule has 3 unspecified atom stereocenters. The van der Waals surface area contributed by atoms with E-state index in [1.54, 1.807) is 0 Å². The molecule has 1 aromatic rings. The number of benzene rings is 1. The summed E-state index contributed by atoms with van der Waals surface area (Å²) in [5.41, 5.74) is 2.56. The number of nitrogens with zero attached hydrogens (tertiary/aromatic N) is 1. The zero-order valence-corrected chi connectivity index (χ0v) is 15.0. The van der Waals surface area contributed by atoms with E-state index < -0.39 is 0 Å². The van der Waals surface area contributed by atoms with E-state index in [1.807, 2.05) is 6.07 Å². The highest BCUT2D eigenvalue weighted by Crippen LogP contribution is 2.42. The molecule has 0 radical (unpaired) electrons. The molecule has 1 aliphatic heterocycles. The molecular weight excluding hydrogens is 365 g/mol. The Morgan fingerprint density at radius 1 is 1.35 bits per heavy atom. The summed E-state index contributed by atoms with van der Waals surface area (Å²) < 4.78 is 5.54. The number of halogens is 1. The number of hydrogen-bond donors (Lipinski definition) is 0. The summed E-state index contributed by atoms with van der Waals surface area (Å²) in [5.74, 6) is 0.258. The first-order valence-corrected chi connectivity index (χ1v) is 7.10. The number of carbonyl (C=O) groups is 1. The molecule has 1 aliphatic rings. The SMILES string of the molecule is CCCC(OC(C)=O)N1c2ccccc2C(C)C1C.I. The van der Waals surface area contributed by atoms with Crippen LogP contribution in [0.4, 0.5) is 5.69 Å². The molecule has 0 aliphatic carbocycles. The van der Waals surface area contributed by atoms with Gasteiger partial charge in [0.2, 0.25) is 0 Å². The number of anilines is 1. The number of carbonyl (C=O) groups excluding carboxylic acids is 1. The first-order valence-electron chi connectivity index (χ1n) is 7.10. The molecule has 3 nitrogen and oxygen atoms in total. The van der Waals surface area contributed by atoms with E-state index in [9.17, 15) is 4.79 Å². The number of ether oxygens (including phenoxy) is 1. The van der Waals surface area contributed by atoms with Crippen molar-refractivity contribution in [3.63, 3.8) is 0 Å². The Morgan fingerprint density at radius 2 is 2.00 bits per heavy atom. The number of rotatable bonds is 4. The van der Waals surface area contributed by atoms with Crippen molar-refractivity contribution >= 4 is 35.6 Å². The van der Waals surface area contributed by atoms with Crippen molar-refractivity contribution in [2.24, 2.45) is 0 Å². The van der Waals surface area contributed by atoms with Crippen molar-refractivity contribution in [3.05, 3.63) is 29.8 Å². The summed E-state index contributed by atoms with van der Waals surface area (Å²) in [5, 5.41) is 0. The van der Waals surface area contributed by atoms with E-state index in [1.165, 1.54) is 18.2 Å². The van der Waals surface area contributed by atoms with Crippen molar-refractivity contribution in [1.82, 2.24) is 0 Å². The van der Waals surface area contributed by atoms with E-state index in [0.717, 1.165) is 12.8 Å². The van der Waals surface area contributed by atoms with E-state index in [0.29, 0.717) is 12.0 Å². The van der Waals surface area contributed by atoms with Crippen molar-refractivity contribution < 1.29 is 9.53 Å². The lowest BCUT2D eigenvalue weighted by atomic mass is 9.98. The molecule has 0 bridgehead atoms. The highest BCUT2D eigenvalue weighted by Gasteiger charge is 2.37. The van der Waals surface area contributed by atoms with Crippen LogP contribution in [0.25, 0.3) is 0 Å². The van der Waals surface area contributed by atoms with Gasteiger partial charge in [0.1, 0.15) is 0 Å². The Kier molecular flexibility index (Phi) is 6.30. The molecule has 2 rings (SSSR count). The van der Waals surface area contributed by atoms with E-state index >= 15 is 0 Å². The van der Waals surface area contributed by atoms with Gasteiger partial charge in [-0.15, -0.1) is 24.0 Å². The normalized spacial score (nSPS) is 21.9. The van der Waals surface area contributed by atoms with Gasteiger partial charge in [-0.3, -0.25) is 4.79 Å². The topological polar surface area (TPSA) is 29.5 Å². The smallest absolute Gasteiger partial charge is 0.304 e. The Labute approximate surface area is 138 Å². The third-order valence-electron chi connectivity index (χ3n) is 4.02. The fourth-order valence-corrected chi connectivity index (χ4v) is 2.94. The van der Waals surface area contributed by atoms with E-state index in [4.69, 9.17) is 4.74 Å². The predicted molar refractivity (Wildman–Crippen MR) is 92.7 cm³/mol. The molecule has 3 atom stereocenters. The third-order valence-corrected chi connectivity index (χ3v) is 4.02. The van der Waals surface area contributed by atoms with Gasteiger partial charge >= 0.3 is 5.97 Å². The van der Waals surface area contributed by atoms with Crippen LogP contribution in [-0.4, -0.2) is 18.2 Å². The number of esters is 1. The van der Waals surface area contributed by atoms with Crippen molar-refractivity contribution in [2.75, 3.05) is 4.90 Å². The van der Waals surface area contributed by atoms with Crippen LogP contribution in [-0.2, 0) is 9.53 Å². The van der Waals surface area contributed by atoms with Crippen molar-refractivity contribution in [3.8, 4) is 0 Å². The third kappa shape index (κ3) is 3.27. The van der Waals surface area contributed by atoms with Gasteiger partial charge in [-0.1, -0.05) is 38.5 Å². The molecule has 4 heteroatoms. The fourth-order valence-electron chi connectivity index (χ4n) is 2.94. The molecule has 1 heterocycles. The highest BCUT2D eigenvalue weighted by molar-refractivity contribution is 14.0. The number of hydrogen-bond acceptors (Lipinski definition) is 3. The number of fused-ring (bicyclic) bond motifs is 1. The average molecular weight is 389 g/mol. The fraction of sp³-hybridized carbons (Fsp3) is 0.562. The monoisotopic (exact) mass is 389 g/mol. The quantitative estimate of drug-likeness (QED) is 0.568. The maximum Gasteiger partial charge on any atom is 0.304 e. The molecule has 0 fully saturated rings. The van der Waals surface area contributed by atoms with Crippen LogP contribution in [0.15, 0.2) is 24.3 Å². The zero-order chi connectivity index (χ0) is 14.0. The van der Waals surface area contributed by atoms with Gasteiger partial charge in [-0.2, -0.15) is 0 Å². The summed E-state index contributed by atoms with van der Waals surface area (Å²) in [4.78, 5) is 13.6. The second-order valence-electron chi connectivity index (χ2n) is 5.35. The minimum atomic E-state index is -0.206. The van der Waals surface area contributed by atoms with Gasteiger partial charge in [0.15, 0.2) is 6.23 Å². The van der Waals surface area contributed by atoms with Crippen LogP contribution in [0.3, 0.4) is 0 Å². The van der Waals surface area contributed by atoms with E-state index in [-0.39, 0.29) is 36.2 Å². The zero-order valence-electron chi connectivity index (χ0n) is 12.6. The summed E-state index contributed by atoms with van der Waals surface area (Å²) >= 11 is 0. The van der Waals surface area contributed by atoms with Crippen LogP contribution < -0.4 is 4.90 Å². The first-order chi connectivity index (χ1) is 9.06. The molecule has 20 heavy (non-hydrogen) atoms. The predicted octanol–water partition coefficient (Wildman–Crippen LogP) is 4.31. The molecule has 0 saturated heterocycles. The van der Waals surface area contributed by atoms with Crippen LogP contribution in [0, 0.1) is 0 Å². The van der Waals surface area contributed by atoms with Crippen LogP contribution in [0.1, 0.15) is 52.0 Å². The lowest BCUT2D eigenvalue weighted by molar-refractivity contribution is -0.146. The minimum Gasteiger partial charge on any atom is -0.442 e. The number of para-hydroxylation sites is 1. The van der Waals surface area contributed by atoms with Gasteiger partial charge in [-0.25, -0.2) is 0 Å². The maximum absolute atomic E-state index is 11.3. The van der Waals surface area contributed by atoms with Gasteiger partial charge in [-0.05, 0) is 18.6 Å². The molecule has 0 saturated carbocycles. The summed E-state index contributed by atoms with van der Waals surface area (Å²) in [6.45, 7) is 8.04. The minimum absolute atomic E-state index is 0. The second-order valence-corrected chi connectivity index (χ2v) is 5.35. The van der Waals surface area contributed by atoms with E-state index in [2.05, 4.69) is 43.9 Å². The van der Waals surface area contributed by atoms with Crippen molar-refractivity contribution in [1.29, 1.82) is 0 Å². The largest absolute Gasteiger partial charge is 0.442 e. The average Bonchev–Trinajstić information content (AvgIpc) is 2.62. The first kappa shape index (κ1) is 17.3. The molecule has 0 spiro atoms. The molecule has 0 aromatic heterocycles. The summed E-state index contributed by atoms with van der Waals surface area (Å²) in [6, 6.07) is 8.78. The Bertz CT molecular complexity index is 464. The lowest BCUT2D eigenvalue weighted by Gasteiger charge is -2.34. The second kappa shape index (κ2) is 7.29. The summed E-state index contributed by atoms with van der Waals surface area (Å²) in [7, 11) is 0. The molecular formula is C16H24INO2. The Hall–Kier alpha value is -0.780. The van der Waals surface area contributed by atoms with Crippen LogP contribution >= 0.6 is 24.0 Å². The van der Waals surface area contributed by atoms with Crippen LogP contribution in [0.2, 0.25) is 0 Å². The standard InChI is InChI=1S/C16H23NO2.HI/c1-5-8-16(19-13(4)18)17-12(3)11(2)14-9-6-7-10-15(14)17;/h6-7,9-12,16H,5,8H2,1-4H3;1H. The molecule has 1 aromatic carbocycles.